The Balaban J connectivity index is 1.82. The van der Waals surface area contributed by atoms with Crippen molar-refractivity contribution in [1.29, 1.82) is 0 Å². The van der Waals surface area contributed by atoms with Crippen molar-refractivity contribution in [3.8, 4) is 0 Å². The van der Waals surface area contributed by atoms with Gasteiger partial charge < -0.3 is 10.1 Å². The number of hydrogen-bond donors (Lipinski definition) is 1. The maximum Gasteiger partial charge on any atom is 0.355 e. The van der Waals surface area contributed by atoms with Gasteiger partial charge in [0.2, 0.25) is 5.95 Å². The number of nitrogens with one attached hydrogen (secondary N) is 1. The summed E-state index contributed by atoms with van der Waals surface area (Å²) in [4.78, 5) is 47.5. The van der Waals surface area contributed by atoms with Crippen LogP contribution in [0.25, 0.3) is 10.9 Å². The Labute approximate surface area is 208 Å². The predicted molar refractivity (Wildman–Crippen MR) is 139 cm³/mol. The molecule has 0 spiro atoms. The van der Waals surface area contributed by atoms with Gasteiger partial charge in [0.15, 0.2) is 0 Å². The Kier molecular flexibility index (Phi) is 7.00. The van der Waals surface area contributed by atoms with Crippen LogP contribution < -0.4 is 16.7 Å². The number of ether oxygens (including phenoxy) is 1. The maximum atomic E-state index is 13.7. The molecule has 2 heterocycles. The maximum absolute atomic E-state index is 13.7. The summed E-state index contributed by atoms with van der Waals surface area (Å²) in [5, 5.41) is 4.05. The van der Waals surface area contributed by atoms with Gasteiger partial charge in [-0.1, -0.05) is 35.9 Å². The van der Waals surface area contributed by atoms with Gasteiger partial charge in [-0.05, 0) is 57.5 Å². The van der Waals surface area contributed by atoms with Gasteiger partial charge >= 0.3 is 17.3 Å². The molecule has 9 heteroatoms. The molecule has 1 N–H and O–H groups in total. The molecule has 0 bridgehead atoms. The average molecular weight is 488 g/mol. The Morgan fingerprint density at radius 2 is 1.72 bits per heavy atom. The molecule has 36 heavy (non-hydrogen) atoms. The quantitative estimate of drug-likeness (QED) is 0.396. The van der Waals surface area contributed by atoms with E-state index in [0.717, 1.165) is 32.3 Å². The van der Waals surface area contributed by atoms with Crippen LogP contribution in [-0.2, 0) is 16.1 Å². The van der Waals surface area contributed by atoms with E-state index in [2.05, 4.69) is 15.3 Å². The smallest absolute Gasteiger partial charge is 0.355 e. The fourth-order valence-corrected chi connectivity index (χ4v) is 4.01. The lowest BCUT2D eigenvalue weighted by atomic mass is 10.0. The summed E-state index contributed by atoms with van der Waals surface area (Å²) in [6.07, 6.45) is 0. The van der Waals surface area contributed by atoms with Crippen molar-refractivity contribution in [3.63, 3.8) is 0 Å². The molecule has 0 fully saturated rings. The molecule has 0 saturated carbocycles. The zero-order chi connectivity index (χ0) is 26.0. The summed E-state index contributed by atoms with van der Waals surface area (Å²) in [6.45, 7) is 7.34. The van der Waals surface area contributed by atoms with E-state index in [1.54, 1.807) is 13.8 Å². The molecule has 0 unspecified atom stereocenters. The fourth-order valence-electron chi connectivity index (χ4n) is 4.01. The van der Waals surface area contributed by atoms with Crippen molar-refractivity contribution in [1.82, 2.24) is 19.1 Å². The molecule has 0 amide bonds. The number of fused-ring (bicyclic) bond motifs is 1. The Morgan fingerprint density at radius 1 is 1.00 bits per heavy atom. The average Bonchev–Trinajstić information content (AvgIpc) is 2.86. The number of carbonyl (C=O) groups is 1. The lowest BCUT2D eigenvalue weighted by Gasteiger charge is -2.22. The normalized spacial score (nSPS) is 12.8. The number of hydrogen-bond acceptors (Lipinski definition) is 7. The van der Waals surface area contributed by atoms with Gasteiger partial charge in [0.05, 0.1) is 31.1 Å². The van der Waals surface area contributed by atoms with Crippen molar-refractivity contribution in [3.05, 3.63) is 92.4 Å². The van der Waals surface area contributed by atoms with Gasteiger partial charge in [-0.15, -0.1) is 0 Å². The lowest BCUT2D eigenvalue weighted by Crippen LogP contribution is -2.46. The van der Waals surface area contributed by atoms with Gasteiger partial charge in [0.25, 0.3) is 0 Å². The van der Waals surface area contributed by atoms with Crippen molar-refractivity contribution in [2.24, 2.45) is 5.92 Å². The topological polar surface area (TPSA) is 108 Å². The largest absolute Gasteiger partial charge is 0.469 e. The first kappa shape index (κ1) is 24.8. The molecular weight excluding hydrogens is 458 g/mol. The van der Waals surface area contributed by atoms with Crippen molar-refractivity contribution < 1.29 is 9.53 Å². The van der Waals surface area contributed by atoms with Gasteiger partial charge in [-0.25, -0.2) is 14.2 Å². The van der Waals surface area contributed by atoms with Crippen molar-refractivity contribution in [2.75, 3.05) is 12.4 Å². The number of rotatable bonds is 7. The first-order chi connectivity index (χ1) is 17.2. The number of aromatic nitrogens is 4. The van der Waals surface area contributed by atoms with Crippen molar-refractivity contribution in [2.45, 2.75) is 40.3 Å². The number of anilines is 2. The molecule has 0 aliphatic carbocycles. The highest BCUT2D eigenvalue weighted by molar-refractivity contribution is 5.83. The van der Waals surface area contributed by atoms with Gasteiger partial charge in [-0.2, -0.15) is 4.98 Å². The summed E-state index contributed by atoms with van der Waals surface area (Å²) >= 11 is 0. The molecule has 186 valence electrons. The second-order valence-electron chi connectivity index (χ2n) is 8.98. The van der Waals surface area contributed by atoms with Crippen molar-refractivity contribution >= 4 is 28.5 Å². The first-order valence-corrected chi connectivity index (χ1v) is 11.7. The summed E-state index contributed by atoms with van der Waals surface area (Å²) in [7, 11) is 1.27. The lowest BCUT2D eigenvalue weighted by molar-refractivity contribution is -0.146. The summed E-state index contributed by atoms with van der Waals surface area (Å²) < 4.78 is 7.23. The highest BCUT2D eigenvalue weighted by atomic mass is 16.5. The fraction of sp³-hybridized carbons (Fsp3) is 0.296. The van der Waals surface area contributed by atoms with E-state index >= 15 is 0 Å². The van der Waals surface area contributed by atoms with E-state index < -0.39 is 29.3 Å². The summed E-state index contributed by atoms with van der Waals surface area (Å²) in [6, 6.07) is 16.5. The number of aryl methyl sites for hydroxylation is 2. The third-order valence-corrected chi connectivity index (χ3v) is 6.35. The number of pyridine rings is 1. The van der Waals surface area contributed by atoms with E-state index in [4.69, 9.17) is 4.74 Å². The highest BCUT2D eigenvalue weighted by Crippen LogP contribution is 2.21. The third-order valence-electron chi connectivity index (χ3n) is 6.35. The monoisotopic (exact) mass is 487 g/mol. The SMILES string of the molecule is COC(=O)[C@H](C)[C@H](C)n1c(=O)nc(Nc2ccc3nc(C)ccc3c2)n(Cc2ccc(C)cc2)c1=O. The van der Waals surface area contributed by atoms with Crippen LogP contribution in [0.1, 0.15) is 36.7 Å². The number of nitrogens with zero attached hydrogens (tertiary/aromatic N) is 4. The highest BCUT2D eigenvalue weighted by Gasteiger charge is 2.27. The molecule has 9 nitrogen and oxygen atoms in total. The van der Waals surface area contributed by atoms with Crippen LogP contribution in [-0.4, -0.2) is 32.2 Å². The van der Waals surface area contributed by atoms with E-state index in [1.165, 1.54) is 11.7 Å². The van der Waals surface area contributed by atoms with Crippen LogP contribution in [0.5, 0.6) is 0 Å². The molecular formula is C27H29N5O4. The molecule has 0 saturated heterocycles. The summed E-state index contributed by atoms with van der Waals surface area (Å²) in [5.41, 5.74) is 3.05. The number of benzene rings is 2. The van der Waals surface area contributed by atoms with Crippen LogP contribution in [0.15, 0.2) is 64.2 Å². The van der Waals surface area contributed by atoms with E-state index in [9.17, 15) is 14.4 Å². The molecule has 2 atom stereocenters. The van der Waals surface area contributed by atoms with Gasteiger partial charge in [0.1, 0.15) is 0 Å². The standard InChI is InChI=1S/C27H29N5O4/c1-16-6-9-20(10-7-16)15-31-25(29-22-12-13-23-21(14-22)11-8-17(2)28-23)30-26(34)32(27(31)35)19(4)18(3)24(33)36-5/h6-14,18-19H,15H2,1-5H3,(H,29,30,34)/t18-,19+/m1/s1. The minimum Gasteiger partial charge on any atom is -0.469 e. The molecule has 0 aliphatic heterocycles. The Morgan fingerprint density at radius 3 is 2.42 bits per heavy atom. The van der Waals surface area contributed by atoms with Crippen LogP contribution in [0.4, 0.5) is 11.6 Å². The second kappa shape index (κ2) is 10.2. The van der Waals surface area contributed by atoms with Crippen LogP contribution >= 0.6 is 0 Å². The van der Waals surface area contributed by atoms with E-state index in [1.807, 2.05) is 68.4 Å². The number of carbonyl (C=O) groups excluding carboxylic acids is 1. The molecule has 0 radical (unpaired) electrons. The molecule has 2 aromatic heterocycles. The predicted octanol–water partition coefficient (Wildman–Crippen LogP) is 3.73. The van der Waals surface area contributed by atoms with E-state index in [-0.39, 0.29) is 12.5 Å². The zero-order valence-corrected chi connectivity index (χ0v) is 21.0. The van der Waals surface area contributed by atoms with Crippen LogP contribution in [0.3, 0.4) is 0 Å². The minimum atomic E-state index is -0.752. The Bertz CT molecular complexity index is 1540. The van der Waals surface area contributed by atoms with Crippen LogP contribution in [0.2, 0.25) is 0 Å². The second-order valence-corrected chi connectivity index (χ2v) is 8.98. The summed E-state index contributed by atoms with van der Waals surface area (Å²) in [5.74, 6) is -1.12. The number of esters is 1. The molecule has 4 aromatic rings. The zero-order valence-electron chi connectivity index (χ0n) is 21.0. The molecule has 4 rings (SSSR count). The van der Waals surface area contributed by atoms with Crippen LogP contribution in [0, 0.1) is 19.8 Å². The molecule has 0 aliphatic rings. The molecule has 2 aromatic carbocycles. The van der Waals surface area contributed by atoms with Gasteiger partial charge in [0, 0.05) is 16.8 Å². The minimum absolute atomic E-state index is 0.110. The van der Waals surface area contributed by atoms with Gasteiger partial charge in [-0.3, -0.25) is 14.3 Å². The number of methoxy groups -OCH3 is 1. The van der Waals surface area contributed by atoms with E-state index in [0.29, 0.717) is 5.69 Å². The first-order valence-electron chi connectivity index (χ1n) is 11.7. The Hall–Kier alpha value is -4.27. The third kappa shape index (κ3) is 5.05.